The van der Waals surface area contributed by atoms with E-state index in [1.807, 2.05) is 0 Å². The number of halogens is 2. The number of ether oxygens (including phenoxy) is 1. The highest BCUT2D eigenvalue weighted by Gasteiger charge is 2.30. The van der Waals surface area contributed by atoms with Crippen molar-refractivity contribution in [1.29, 1.82) is 0 Å². The van der Waals surface area contributed by atoms with Crippen molar-refractivity contribution >= 4 is 11.6 Å². The summed E-state index contributed by atoms with van der Waals surface area (Å²) in [6, 6.07) is 4.31. The minimum atomic E-state index is -0.337. The molecular weight excluding hydrogens is 267 g/mol. The van der Waals surface area contributed by atoms with Gasteiger partial charge in [0.1, 0.15) is 5.82 Å². The average Bonchev–Trinajstić information content (AvgIpc) is 2.79. The van der Waals surface area contributed by atoms with Gasteiger partial charge in [-0.1, -0.05) is 17.7 Å². The fourth-order valence-corrected chi connectivity index (χ4v) is 2.72. The molecule has 106 valence electrons. The van der Waals surface area contributed by atoms with Crippen LogP contribution in [-0.2, 0) is 4.74 Å². The van der Waals surface area contributed by atoms with Crippen molar-refractivity contribution in [2.24, 2.45) is 5.73 Å². The van der Waals surface area contributed by atoms with Crippen LogP contribution in [0, 0.1) is 5.82 Å². The molecule has 0 aliphatic carbocycles. The van der Waals surface area contributed by atoms with Gasteiger partial charge in [-0.3, -0.25) is 0 Å². The molecule has 1 aromatic rings. The lowest BCUT2D eigenvalue weighted by Crippen LogP contribution is -2.41. The average molecular weight is 287 g/mol. The van der Waals surface area contributed by atoms with Gasteiger partial charge in [-0.25, -0.2) is 4.39 Å². The molecule has 0 bridgehead atoms. The lowest BCUT2D eigenvalue weighted by atomic mass is 10.0. The topological polar surface area (TPSA) is 47.3 Å². The maximum atomic E-state index is 13.1. The molecule has 2 rings (SSSR count). The van der Waals surface area contributed by atoms with Gasteiger partial charge in [-0.2, -0.15) is 0 Å². The number of nitrogens with one attached hydrogen (secondary N) is 1. The molecule has 3 N–H and O–H groups in total. The SMILES string of the molecule is CC1(CNC(CN)c2ccc(F)cc2Cl)CCCO1. The van der Waals surface area contributed by atoms with Crippen LogP contribution in [0.15, 0.2) is 18.2 Å². The minimum Gasteiger partial charge on any atom is -0.374 e. The van der Waals surface area contributed by atoms with Crippen molar-refractivity contribution in [3.63, 3.8) is 0 Å². The van der Waals surface area contributed by atoms with Crippen LogP contribution in [0.4, 0.5) is 4.39 Å². The third-order valence-electron chi connectivity index (χ3n) is 3.60. The van der Waals surface area contributed by atoms with Gasteiger partial charge >= 0.3 is 0 Å². The monoisotopic (exact) mass is 286 g/mol. The molecule has 19 heavy (non-hydrogen) atoms. The Morgan fingerprint density at radius 2 is 2.37 bits per heavy atom. The van der Waals surface area contributed by atoms with Crippen LogP contribution in [-0.4, -0.2) is 25.3 Å². The van der Waals surface area contributed by atoms with E-state index in [0.29, 0.717) is 18.1 Å². The van der Waals surface area contributed by atoms with Crippen molar-refractivity contribution in [2.45, 2.75) is 31.4 Å². The van der Waals surface area contributed by atoms with Crippen LogP contribution in [0.1, 0.15) is 31.4 Å². The summed E-state index contributed by atoms with van der Waals surface area (Å²) in [6.45, 7) is 4.01. The van der Waals surface area contributed by atoms with Gasteiger partial charge in [-0.15, -0.1) is 0 Å². The number of nitrogens with two attached hydrogens (primary N) is 1. The summed E-state index contributed by atoms with van der Waals surface area (Å²) in [5.74, 6) is -0.337. The zero-order valence-corrected chi connectivity index (χ0v) is 11.8. The summed E-state index contributed by atoms with van der Waals surface area (Å²) in [5.41, 5.74) is 6.47. The molecule has 0 spiro atoms. The number of benzene rings is 1. The first kappa shape index (κ1) is 14.7. The molecule has 1 saturated heterocycles. The van der Waals surface area contributed by atoms with Crippen LogP contribution in [0.3, 0.4) is 0 Å². The molecule has 0 aromatic heterocycles. The van der Waals surface area contributed by atoms with E-state index in [0.717, 1.165) is 25.0 Å². The Morgan fingerprint density at radius 3 is 2.95 bits per heavy atom. The summed E-state index contributed by atoms with van der Waals surface area (Å²) < 4.78 is 18.8. The number of hydrogen-bond donors (Lipinski definition) is 2. The van der Waals surface area contributed by atoms with Gasteiger partial charge in [-0.05, 0) is 37.5 Å². The molecule has 2 unspecified atom stereocenters. The maximum absolute atomic E-state index is 13.1. The van der Waals surface area contributed by atoms with E-state index in [1.165, 1.54) is 12.1 Å². The second kappa shape index (κ2) is 6.18. The highest BCUT2D eigenvalue weighted by atomic mass is 35.5. The zero-order valence-electron chi connectivity index (χ0n) is 11.1. The normalized spacial score (nSPS) is 24.6. The van der Waals surface area contributed by atoms with E-state index >= 15 is 0 Å². The molecule has 0 radical (unpaired) electrons. The van der Waals surface area contributed by atoms with E-state index in [1.54, 1.807) is 6.07 Å². The van der Waals surface area contributed by atoms with Gasteiger partial charge in [0.15, 0.2) is 0 Å². The summed E-state index contributed by atoms with van der Waals surface area (Å²) in [5, 5.41) is 3.77. The van der Waals surface area contributed by atoms with Crippen LogP contribution in [0.5, 0.6) is 0 Å². The number of hydrogen-bond acceptors (Lipinski definition) is 3. The third kappa shape index (κ3) is 3.66. The third-order valence-corrected chi connectivity index (χ3v) is 3.92. The Morgan fingerprint density at radius 1 is 1.58 bits per heavy atom. The van der Waals surface area contributed by atoms with Crippen molar-refractivity contribution in [1.82, 2.24) is 5.32 Å². The maximum Gasteiger partial charge on any atom is 0.124 e. The van der Waals surface area contributed by atoms with Crippen LogP contribution < -0.4 is 11.1 Å². The van der Waals surface area contributed by atoms with Gasteiger partial charge in [0.05, 0.1) is 5.60 Å². The smallest absolute Gasteiger partial charge is 0.124 e. The predicted molar refractivity (Wildman–Crippen MR) is 74.8 cm³/mol. The Balaban J connectivity index is 2.03. The molecule has 1 aromatic carbocycles. The molecule has 1 aliphatic heterocycles. The first-order valence-corrected chi connectivity index (χ1v) is 6.94. The Kier molecular flexibility index (Phi) is 4.79. The summed E-state index contributed by atoms with van der Waals surface area (Å²) in [7, 11) is 0. The minimum absolute atomic E-state index is 0.0888. The highest BCUT2D eigenvalue weighted by Crippen LogP contribution is 2.27. The van der Waals surface area contributed by atoms with Crippen molar-refractivity contribution in [3.05, 3.63) is 34.6 Å². The molecule has 1 aliphatic rings. The fraction of sp³-hybridized carbons (Fsp3) is 0.571. The molecule has 1 heterocycles. The second-order valence-electron chi connectivity index (χ2n) is 5.24. The predicted octanol–water partition coefficient (Wildman–Crippen LogP) is 2.64. The molecule has 1 fully saturated rings. The largest absolute Gasteiger partial charge is 0.374 e. The molecular formula is C14H20ClFN2O. The van der Waals surface area contributed by atoms with Gasteiger partial charge in [0.2, 0.25) is 0 Å². The lowest BCUT2D eigenvalue weighted by molar-refractivity contribution is 0.0189. The molecule has 0 amide bonds. The van der Waals surface area contributed by atoms with E-state index in [9.17, 15) is 4.39 Å². The first-order chi connectivity index (χ1) is 9.04. The molecule has 0 saturated carbocycles. The summed E-state index contributed by atoms with van der Waals surface area (Å²) in [4.78, 5) is 0. The van der Waals surface area contributed by atoms with Gasteiger partial charge in [0.25, 0.3) is 0 Å². The first-order valence-electron chi connectivity index (χ1n) is 6.56. The molecule has 2 atom stereocenters. The van der Waals surface area contributed by atoms with Crippen LogP contribution >= 0.6 is 11.6 Å². The van der Waals surface area contributed by atoms with Crippen molar-refractivity contribution in [3.8, 4) is 0 Å². The van der Waals surface area contributed by atoms with Gasteiger partial charge < -0.3 is 15.8 Å². The summed E-state index contributed by atoms with van der Waals surface area (Å²) in [6.07, 6.45) is 2.12. The standard InChI is InChI=1S/C14H20ClFN2O/c1-14(5-2-6-19-14)9-18-13(8-17)11-4-3-10(16)7-12(11)15/h3-4,7,13,18H,2,5-6,8-9,17H2,1H3. The molecule has 3 nitrogen and oxygen atoms in total. The van der Waals surface area contributed by atoms with E-state index < -0.39 is 0 Å². The van der Waals surface area contributed by atoms with E-state index in [4.69, 9.17) is 22.1 Å². The zero-order chi connectivity index (χ0) is 13.9. The van der Waals surface area contributed by atoms with E-state index in [-0.39, 0.29) is 17.5 Å². The van der Waals surface area contributed by atoms with E-state index in [2.05, 4.69) is 12.2 Å². The summed E-state index contributed by atoms with van der Waals surface area (Å²) >= 11 is 6.07. The van der Waals surface area contributed by atoms with Crippen molar-refractivity contribution < 1.29 is 9.13 Å². The van der Waals surface area contributed by atoms with Gasteiger partial charge in [0, 0.05) is 30.8 Å². The van der Waals surface area contributed by atoms with Crippen LogP contribution in [0.2, 0.25) is 5.02 Å². The Bertz CT molecular complexity index is 435. The van der Waals surface area contributed by atoms with Crippen LogP contribution in [0.25, 0.3) is 0 Å². The Labute approximate surface area is 118 Å². The molecule has 5 heteroatoms. The highest BCUT2D eigenvalue weighted by molar-refractivity contribution is 6.31. The second-order valence-corrected chi connectivity index (χ2v) is 5.64. The fourth-order valence-electron chi connectivity index (χ4n) is 2.42. The number of rotatable bonds is 5. The van der Waals surface area contributed by atoms with Crippen molar-refractivity contribution in [2.75, 3.05) is 19.7 Å². The Hall–Kier alpha value is -0.680. The lowest BCUT2D eigenvalue weighted by Gasteiger charge is -2.27. The quantitative estimate of drug-likeness (QED) is 0.875.